The standard InChI is InChI=1S/C19H19N3O/c1-2-19(11-6-4-3-5-7-11)14-10-20-22-18(14)21-16-12-8-9-13(12)17(23)15(16)19/h3-7,12-13,21H,2,8-10H2,1H3. The second-order valence-corrected chi connectivity index (χ2v) is 6.92. The van der Waals surface area contributed by atoms with Crippen LogP contribution in [0.5, 0.6) is 0 Å². The van der Waals surface area contributed by atoms with Crippen molar-refractivity contribution < 1.29 is 4.79 Å². The van der Waals surface area contributed by atoms with E-state index in [1.165, 1.54) is 11.1 Å². The largest absolute Gasteiger partial charge is 0.342 e. The highest BCUT2D eigenvalue weighted by Gasteiger charge is 2.57. The third-order valence-electron chi connectivity index (χ3n) is 6.17. The number of nitrogens with one attached hydrogen (secondary N) is 1. The first-order chi connectivity index (χ1) is 11.3. The number of Topliss-reactive ketones (excluding diaryl/α,β-unsaturated/α-hetero) is 1. The van der Waals surface area contributed by atoms with Crippen molar-refractivity contribution in [3.8, 4) is 0 Å². The van der Waals surface area contributed by atoms with Gasteiger partial charge in [0.05, 0.1) is 12.0 Å². The molecule has 3 unspecified atom stereocenters. The van der Waals surface area contributed by atoms with Gasteiger partial charge < -0.3 is 5.32 Å². The van der Waals surface area contributed by atoms with E-state index in [1.54, 1.807) is 0 Å². The van der Waals surface area contributed by atoms with E-state index in [-0.39, 0.29) is 11.3 Å². The number of rotatable bonds is 2. The smallest absolute Gasteiger partial charge is 0.165 e. The fourth-order valence-corrected chi connectivity index (χ4v) is 4.92. The number of azo groups is 1. The molecule has 1 aromatic rings. The third kappa shape index (κ3) is 1.44. The molecule has 2 heterocycles. The van der Waals surface area contributed by atoms with E-state index in [0.29, 0.717) is 18.2 Å². The van der Waals surface area contributed by atoms with Gasteiger partial charge in [-0.05, 0) is 24.8 Å². The molecule has 1 N–H and O–H groups in total. The second kappa shape index (κ2) is 4.40. The summed E-state index contributed by atoms with van der Waals surface area (Å²) < 4.78 is 0. The molecule has 116 valence electrons. The highest BCUT2D eigenvalue weighted by atomic mass is 16.1. The zero-order valence-corrected chi connectivity index (χ0v) is 13.2. The molecule has 4 nitrogen and oxygen atoms in total. The molecule has 0 bridgehead atoms. The summed E-state index contributed by atoms with van der Waals surface area (Å²) in [4.78, 5) is 13.2. The Morgan fingerprint density at radius 1 is 1.22 bits per heavy atom. The maximum Gasteiger partial charge on any atom is 0.165 e. The molecule has 1 aromatic carbocycles. The molecule has 0 amide bonds. The number of dihydropyridines is 1. The molecule has 1 saturated carbocycles. The van der Waals surface area contributed by atoms with Crippen LogP contribution in [0.4, 0.5) is 0 Å². The molecule has 4 aliphatic rings. The Hall–Kier alpha value is -2.23. The van der Waals surface area contributed by atoms with Gasteiger partial charge in [-0.3, -0.25) is 4.79 Å². The minimum absolute atomic E-state index is 0.194. The topological polar surface area (TPSA) is 53.8 Å². The van der Waals surface area contributed by atoms with Gasteiger partial charge in [-0.1, -0.05) is 37.3 Å². The summed E-state index contributed by atoms with van der Waals surface area (Å²) in [6.45, 7) is 2.77. The normalized spacial score (nSPS) is 34.0. The number of ketones is 1. The van der Waals surface area contributed by atoms with Gasteiger partial charge in [-0.2, -0.15) is 5.11 Å². The van der Waals surface area contributed by atoms with Gasteiger partial charge >= 0.3 is 0 Å². The third-order valence-corrected chi connectivity index (χ3v) is 6.17. The SMILES string of the molecule is CCC1(c2ccccc2)C2=C(N=NC2)NC2=C1C(=O)C1CCC21. The minimum atomic E-state index is -0.352. The van der Waals surface area contributed by atoms with Crippen molar-refractivity contribution >= 4 is 5.78 Å². The maximum atomic E-state index is 13.2. The lowest BCUT2D eigenvalue weighted by Gasteiger charge is -2.39. The average Bonchev–Trinajstić information content (AvgIpc) is 3.08. The van der Waals surface area contributed by atoms with Crippen LogP contribution in [0, 0.1) is 11.8 Å². The Morgan fingerprint density at radius 2 is 2.00 bits per heavy atom. The molecular formula is C19H19N3O. The predicted octanol–water partition coefficient (Wildman–Crippen LogP) is 3.48. The summed E-state index contributed by atoms with van der Waals surface area (Å²) in [7, 11) is 0. The van der Waals surface area contributed by atoms with Crippen molar-refractivity contribution in [2.75, 3.05) is 6.54 Å². The first-order valence-corrected chi connectivity index (χ1v) is 8.50. The zero-order chi connectivity index (χ0) is 15.6. The Kier molecular flexibility index (Phi) is 2.53. The number of nitrogens with zero attached hydrogens (tertiary/aromatic N) is 2. The Balaban J connectivity index is 1.79. The number of fused-ring (bicyclic) bond motifs is 2. The second-order valence-electron chi connectivity index (χ2n) is 6.92. The van der Waals surface area contributed by atoms with Crippen LogP contribution in [0.25, 0.3) is 0 Å². The summed E-state index contributed by atoms with van der Waals surface area (Å²) in [5, 5.41) is 12.1. The maximum absolute atomic E-state index is 13.2. The molecule has 0 saturated heterocycles. The molecule has 23 heavy (non-hydrogen) atoms. The van der Waals surface area contributed by atoms with Crippen LogP contribution in [-0.2, 0) is 10.2 Å². The van der Waals surface area contributed by atoms with Crippen molar-refractivity contribution in [2.24, 2.45) is 22.1 Å². The zero-order valence-electron chi connectivity index (χ0n) is 13.2. The van der Waals surface area contributed by atoms with Crippen molar-refractivity contribution in [1.82, 2.24) is 5.32 Å². The molecule has 5 rings (SSSR count). The van der Waals surface area contributed by atoms with E-state index in [9.17, 15) is 4.79 Å². The first-order valence-electron chi connectivity index (χ1n) is 8.50. The van der Waals surface area contributed by atoms with Gasteiger partial charge in [0.1, 0.15) is 0 Å². The Bertz CT molecular complexity index is 805. The van der Waals surface area contributed by atoms with E-state index in [4.69, 9.17) is 0 Å². The van der Waals surface area contributed by atoms with E-state index >= 15 is 0 Å². The highest BCUT2D eigenvalue weighted by molar-refractivity contribution is 6.05. The monoisotopic (exact) mass is 305 g/mol. The van der Waals surface area contributed by atoms with Crippen LogP contribution < -0.4 is 5.32 Å². The highest BCUT2D eigenvalue weighted by Crippen LogP contribution is 2.58. The lowest BCUT2D eigenvalue weighted by molar-refractivity contribution is -0.122. The molecule has 2 aliphatic heterocycles. The quantitative estimate of drug-likeness (QED) is 0.909. The van der Waals surface area contributed by atoms with E-state index in [2.05, 4.69) is 46.7 Å². The van der Waals surface area contributed by atoms with Crippen molar-refractivity contribution in [1.29, 1.82) is 0 Å². The fourth-order valence-electron chi connectivity index (χ4n) is 4.92. The lowest BCUT2D eigenvalue weighted by atomic mass is 9.64. The van der Waals surface area contributed by atoms with Gasteiger partial charge in [0.2, 0.25) is 0 Å². The summed E-state index contributed by atoms with van der Waals surface area (Å²) in [6, 6.07) is 10.5. The van der Waals surface area contributed by atoms with Crippen LogP contribution in [-0.4, -0.2) is 12.3 Å². The average molecular weight is 305 g/mol. The van der Waals surface area contributed by atoms with Crippen LogP contribution in [0.15, 0.2) is 63.2 Å². The van der Waals surface area contributed by atoms with Gasteiger partial charge in [-0.25, -0.2) is 0 Å². The Morgan fingerprint density at radius 3 is 2.70 bits per heavy atom. The number of carbonyl (C=O) groups excluding carboxylic acids is 1. The van der Waals surface area contributed by atoms with Gasteiger partial charge in [0.25, 0.3) is 0 Å². The van der Waals surface area contributed by atoms with Gasteiger partial charge in [-0.15, -0.1) is 5.11 Å². The summed E-state index contributed by atoms with van der Waals surface area (Å²) in [5.74, 6) is 1.80. The number of hydrogen-bond acceptors (Lipinski definition) is 4. The molecule has 2 aliphatic carbocycles. The van der Waals surface area contributed by atoms with Crippen LogP contribution in [0.2, 0.25) is 0 Å². The minimum Gasteiger partial charge on any atom is -0.342 e. The van der Waals surface area contributed by atoms with Crippen LogP contribution >= 0.6 is 0 Å². The predicted molar refractivity (Wildman–Crippen MR) is 86.5 cm³/mol. The van der Waals surface area contributed by atoms with Gasteiger partial charge in [0.15, 0.2) is 11.6 Å². The van der Waals surface area contributed by atoms with Crippen LogP contribution in [0.3, 0.4) is 0 Å². The molecule has 0 radical (unpaired) electrons. The molecule has 4 heteroatoms. The molecule has 1 fully saturated rings. The number of allylic oxidation sites excluding steroid dienone is 2. The molecule has 0 spiro atoms. The van der Waals surface area contributed by atoms with E-state index in [1.807, 2.05) is 6.07 Å². The first kappa shape index (κ1) is 13.2. The van der Waals surface area contributed by atoms with Crippen molar-refractivity contribution in [3.63, 3.8) is 0 Å². The molecule has 0 aromatic heterocycles. The number of hydrogen-bond donors (Lipinski definition) is 1. The van der Waals surface area contributed by atoms with Crippen molar-refractivity contribution in [3.05, 3.63) is 58.6 Å². The summed E-state index contributed by atoms with van der Waals surface area (Å²) >= 11 is 0. The number of carbonyl (C=O) groups is 1. The van der Waals surface area contributed by atoms with Gasteiger partial charge in [0, 0.05) is 28.7 Å². The van der Waals surface area contributed by atoms with E-state index < -0.39 is 0 Å². The Labute approximate surface area is 135 Å². The van der Waals surface area contributed by atoms with Crippen molar-refractivity contribution in [2.45, 2.75) is 31.6 Å². The van der Waals surface area contributed by atoms with E-state index in [0.717, 1.165) is 36.4 Å². The number of benzene rings is 1. The molecular weight excluding hydrogens is 286 g/mol. The fraction of sp³-hybridized carbons (Fsp3) is 0.421. The van der Waals surface area contributed by atoms with Crippen LogP contribution in [0.1, 0.15) is 31.7 Å². The summed E-state index contributed by atoms with van der Waals surface area (Å²) in [6.07, 6.45) is 3.00. The molecule has 3 atom stereocenters. The summed E-state index contributed by atoms with van der Waals surface area (Å²) in [5.41, 5.74) is 4.15. The lowest BCUT2D eigenvalue weighted by Crippen LogP contribution is -2.40.